The number of carbonyl (C=O) groups is 2. The van der Waals surface area contributed by atoms with Gasteiger partial charge in [0.15, 0.2) is 0 Å². The Morgan fingerprint density at radius 2 is 1.88 bits per heavy atom. The van der Waals surface area contributed by atoms with Crippen LogP contribution in [0.1, 0.15) is 41.0 Å². The van der Waals surface area contributed by atoms with Crippen molar-refractivity contribution in [2.45, 2.75) is 46.6 Å². The monoisotopic (exact) mass is 243 g/mol. The molecule has 0 aromatic heterocycles. The standard InChI is InChI=1S/C12H21NO4/c1-8(2)6-9(11(15)16)7-10(14)13-17-12(3,4)5/h6,8H,7H2,1-5H3,(H,13,14)(H,15,16). The van der Waals surface area contributed by atoms with Crippen LogP contribution in [-0.4, -0.2) is 22.6 Å². The summed E-state index contributed by atoms with van der Waals surface area (Å²) in [6, 6.07) is 0. The van der Waals surface area contributed by atoms with Gasteiger partial charge in [-0.1, -0.05) is 19.9 Å². The Morgan fingerprint density at radius 3 is 2.24 bits per heavy atom. The molecule has 0 aromatic rings. The maximum absolute atomic E-state index is 11.4. The molecule has 0 bridgehead atoms. The summed E-state index contributed by atoms with van der Waals surface area (Å²) in [5, 5.41) is 8.91. The second-order valence-electron chi connectivity index (χ2n) is 5.16. The highest BCUT2D eigenvalue weighted by Gasteiger charge is 2.16. The minimum atomic E-state index is -1.08. The van der Waals surface area contributed by atoms with Crippen molar-refractivity contribution in [3.05, 3.63) is 11.6 Å². The van der Waals surface area contributed by atoms with E-state index in [1.54, 1.807) is 26.8 Å². The molecule has 0 saturated carbocycles. The summed E-state index contributed by atoms with van der Waals surface area (Å²) in [5.74, 6) is -1.46. The number of hydroxylamine groups is 1. The van der Waals surface area contributed by atoms with Gasteiger partial charge in [-0.25, -0.2) is 10.3 Å². The van der Waals surface area contributed by atoms with Gasteiger partial charge in [-0.3, -0.25) is 9.63 Å². The van der Waals surface area contributed by atoms with E-state index in [-0.39, 0.29) is 17.9 Å². The lowest BCUT2D eigenvalue weighted by atomic mass is 10.1. The number of rotatable bonds is 5. The average Bonchev–Trinajstić information content (AvgIpc) is 2.11. The van der Waals surface area contributed by atoms with E-state index in [4.69, 9.17) is 9.94 Å². The first kappa shape index (κ1) is 15.6. The van der Waals surface area contributed by atoms with Crippen molar-refractivity contribution in [2.75, 3.05) is 0 Å². The van der Waals surface area contributed by atoms with Crippen molar-refractivity contribution < 1.29 is 19.5 Å². The number of nitrogens with one attached hydrogen (secondary N) is 1. The number of hydrogen-bond acceptors (Lipinski definition) is 3. The van der Waals surface area contributed by atoms with Crippen LogP contribution < -0.4 is 5.48 Å². The molecule has 5 nitrogen and oxygen atoms in total. The van der Waals surface area contributed by atoms with E-state index in [1.165, 1.54) is 0 Å². The zero-order chi connectivity index (χ0) is 13.6. The Hall–Kier alpha value is -1.36. The highest BCUT2D eigenvalue weighted by atomic mass is 16.7. The quantitative estimate of drug-likeness (QED) is 0.571. The van der Waals surface area contributed by atoms with Crippen LogP contribution in [0.25, 0.3) is 0 Å². The molecule has 0 fully saturated rings. The Morgan fingerprint density at radius 1 is 1.35 bits per heavy atom. The maximum Gasteiger partial charge on any atom is 0.331 e. The fourth-order valence-corrected chi connectivity index (χ4v) is 1.03. The van der Waals surface area contributed by atoms with Crippen molar-refractivity contribution in [3.63, 3.8) is 0 Å². The molecule has 17 heavy (non-hydrogen) atoms. The van der Waals surface area contributed by atoms with E-state index in [9.17, 15) is 9.59 Å². The minimum Gasteiger partial charge on any atom is -0.478 e. The topological polar surface area (TPSA) is 75.6 Å². The third kappa shape index (κ3) is 8.45. The molecule has 0 aliphatic heterocycles. The van der Waals surface area contributed by atoms with Crippen molar-refractivity contribution in [1.82, 2.24) is 5.48 Å². The molecule has 0 rings (SSSR count). The SMILES string of the molecule is CC(C)C=C(CC(=O)NOC(C)(C)C)C(=O)O. The van der Waals surface area contributed by atoms with Gasteiger partial charge in [-0.2, -0.15) is 0 Å². The van der Waals surface area contributed by atoms with Gasteiger partial charge < -0.3 is 5.11 Å². The summed E-state index contributed by atoms with van der Waals surface area (Å²) in [6.07, 6.45) is 1.36. The van der Waals surface area contributed by atoms with Crippen LogP contribution in [0, 0.1) is 5.92 Å². The number of aliphatic carboxylic acids is 1. The summed E-state index contributed by atoms with van der Waals surface area (Å²) in [7, 11) is 0. The van der Waals surface area contributed by atoms with E-state index in [2.05, 4.69) is 5.48 Å². The number of carboxylic acids is 1. The highest BCUT2D eigenvalue weighted by Crippen LogP contribution is 2.08. The molecule has 98 valence electrons. The summed E-state index contributed by atoms with van der Waals surface area (Å²) in [4.78, 5) is 27.4. The van der Waals surface area contributed by atoms with Crippen LogP contribution in [0.15, 0.2) is 11.6 Å². The molecule has 0 aliphatic rings. The molecule has 2 N–H and O–H groups in total. The molecular formula is C12H21NO4. The number of amides is 1. The average molecular weight is 243 g/mol. The lowest BCUT2D eigenvalue weighted by molar-refractivity contribution is -0.146. The van der Waals surface area contributed by atoms with Crippen molar-refractivity contribution in [1.29, 1.82) is 0 Å². The molecule has 0 aliphatic carbocycles. The van der Waals surface area contributed by atoms with Gasteiger partial charge in [0, 0.05) is 5.57 Å². The predicted molar refractivity (Wildman–Crippen MR) is 64.2 cm³/mol. The van der Waals surface area contributed by atoms with Crippen molar-refractivity contribution >= 4 is 11.9 Å². The van der Waals surface area contributed by atoms with E-state index in [0.29, 0.717) is 0 Å². The zero-order valence-corrected chi connectivity index (χ0v) is 11.0. The minimum absolute atomic E-state index is 0.0787. The first-order valence-corrected chi connectivity index (χ1v) is 5.52. The van der Waals surface area contributed by atoms with Crippen LogP contribution >= 0.6 is 0 Å². The van der Waals surface area contributed by atoms with E-state index >= 15 is 0 Å². The first-order valence-electron chi connectivity index (χ1n) is 5.52. The molecular weight excluding hydrogens is 222 g/mol. The second kappa shape index (κ2) is 6.39. The van der Waals surface area contributed by atoms with Crippen LogP contribution in [-0.2, 0) is 14.4 Å². The number of hydrogen-bond donors (Lipinski definition) is 2. The lowest BCUT2D eigenvalue weighted by Crippen LogP contribution is -2.34. The van der Waals surface area contributed by atoms with E-state index < -0.39 is 17.5 Å². The summed E-state index contributed by atoms with van der Waals surface area (Å²) >= 11 is 0. The predicted octanol–water partition coefficient (Wildman–Crippen LogP) is 1.89. The van der Waals surface area contributed by atoms with Crippen LogP contribution in [0.5, 0.6) is 0 Å². The zero-order valence-electron chi connectivity index (χ0n) is 11.0. The smallest absolute Gasteiger partial charge is 0.331 e. The van der Waals surface area contributed by atoms with Gasteiger partial charge in [0.05, 0.1) is 12.0 Å². The fourth-order valence-electron chi connectivity index (χ4n) is 1.03. The molecule has 0 unspecified atom stereocenters. The Kier molecular flexibility index (Phi) is 5.88. The highest BCUT2D eigenvalue weighted by molar-refractivity contribution is 5.93. The molecule has 0 atom stereocenters. The second-order valence-corrected chi connectivity index (χ2v) is 5.16. The lowest BCUT2D eigenvalue weighted by Gasteiger charge is -2.19. The van der Waals surface area contributed by atoms with Gasteiger partial charge in [0.2, 0.25) is 5.91 Å². The van der Waals surface area contributed by atoms with Gasteiger partial charge >= 0.3 is 5.97 Å². The Labute approximate surface area is 102 Å². The molecule has 1 amide bonds. The first-order chi connectivity index (χ1) is 7.61. The van der Waals surface area contributed by atoms with E-state index in [0.717, 1.165) is 0 Å². The van der Waals surface area contributed by atoms with E-state index in [1.807, 2.05) is 13.8 Å². The van der Waals surface area contributed by atoms with Gasteiger partial charge in [-0.15, -0.1) is 0 Å². The molecule has 0 saturated heterocycles. The van der Waals surface area contributed by atoms with Gasteiger partial charge in [-0.05, 0) is 26.7 Å². The largest absolute Gasteiger partial charge is 0.478 e. The Bertz CT molecular complexity index is 313. The van der Waals surface area contributed by atoms with Gasteiger partial charge in [0.1, 0.15) is 0 Å². The third-order valence-corrected chi connectivity index (χ3v) is 1.63. The normalized spacial score (nSPS) is 12.7. The fraction of sp³-hybridized carbons (Fsp3) is 0.667. The van der Waals surface area contributed by atoms with Gasteiger partial charge in [0.25, 0.3) is 0 Å². The Balaban J connectivity index is 4.39. The number of carboxylic acid groups (broad SMARTS) is 1. The summed E-state index contributed by atoms with van der Waals surface area (Å²) in [5.41, 5.74) is 1.82. The molecule has 0 aromatic carbocycles. The van der Waals surface area contributed by atoms with Crippen LogP contribution in [0.3, 0.4) is 0 Å². The summed E-state index contributed by atoms with van der Waals surface area (Å²) in [6.45, 7) is 9.07. The number of carbonyl (C=O) groups excluding carboxylic acids is 1. The van der Waals surface area contributed by atoms with Crippen LogP contribution in [0.4, 0.5) is 0 Å². The third-order valence-electron chi connectivity index (χ3n) is 1.63. The molecule has 5 heteroatoms. The molecule has 0 spiro atoms. The summed E-state index contributed by atoms with van der Waals surface area (Å²) < 4.78 is 0. The number of allylic oxidation sites excluding steroid dienone is 1. The molecule has 0 radical (unpaired) electrons. The van der Waals surface area contributed by atoms with Crippen molar-refractivity contribution in [2.24, 2.45) is 5.92 Å². The maximum atomic E-state index is 11.4. The molecule has 0 heterocycles. The van der Waals surface area contributed by atoms with Crippen LogP contribution in [0.2, 0.25) is 0 Å². The van der Waals surface area contributed by atoms with Crippen molar-refractivity contribution in [3.8, 4) is 0 Å².